The van der Waals surface area contributed by atoms with E-state index in [1.54, 1.807) is 15.3 Å². The van der Waals surface area contributed by atoms with Gasteiger partial charge >= 0.3 is 6.03 Å². The molecule has 2 fully saturated rings. The van der Waals surface area contributed by atoms with Crippen molar-refractivity contribution < 1.29 is 32.4 Å². The number of nitrogens with zero attached hydrogens (tertiary/aromatic N) is 2. The van der Waals surface area contributed by atoms with Crippen molar-refractivity contribution in [2.45, 2.75) is 128 Å². The number of ketones is 1. The molecule has 4 atom stereocenters. The number of rotatable bonds is 18. The summed E-state index contributed by atoms with van der Waals surface area (Å²) >= 11 is 1.49. The highest BCUT2D eigenvalue weighted by molar-refractivity contribution is 7.89. The first kappa shape index (κ1) is 40.7. The number of carbonyl (C=O) groups is 5. The number of fused-ring (bicyclic) bond motifs is 1. The molecule has 0 aromatic carbocycles. The Balaban J connectivity index is 1.24. The van der Waals surface area contributed by atoms with Crippen LogP contribution in [-0.4, -0.2) is 92.0 Å². The van der Waals surface area contributed by atoms with E-state index in [2.05, 4.69) is 21.3 Å². The molecule has 1 saturated carbocycles. The molecule has 51 heavy (non-hydrogen) atoms. The Morgan fingerprint density at radius 1 is 0.961 bits per heavy atom. The molecule has 4 rings (SSSR count). The van der Waals surface area contributed by atoms with Crippen LogP contribution in [0.2, 0.25) is 0 Å². The molecule has 4 N–H and O–H groups in total. The molecule has 3 heterocycles. The van der Waals surface area contributed by atoms with Gasteiger partial charge < -0.3 is 26.2 Å². The van der Waals surface area contributed by atoms with Gasteiger partial charge in [0.25, 0.3) is 5.91 Å². The topological polar surface area (TPSA) is 174 Å². The highest BCUT2D eigenvalue weighted by Crippen LogP contribution is 2.36. The highest BCUT2D eigenvalue weighted by atomic mass is 32.2. The first-order valence-corrected chi connectivity index (χ1v) is 20.9. The molecule has 15 heteroatoms. The van der Waals surface area contributed by atoms with Gasteiger partial charge in [-0.3, -0.25) is 19.2 Å². The fraction of sp³-hybridized carbons (Fsp3) is 0.750. The average molecular weight is 751 g/mol. The third-order valence-corrected chi connectivity index (χ3v) is 13.3. The normalized spacial score (nSPS) is 21.2. The number of thiophene rings is 1. The Bertz CT molecular complexity index is 1520. The van der Waals surface area contributed by atoms with Crippen molar-refractivity contribution in [3.8, 4) is 0 Å². The molecule has 2 aliphatic heterocycles. The van der Waals surface area contributed by atoms with Gasteiger partial charge in [-0.1, -0.05) is 73.1 Å². The van der Waals surface area contributed by atoms with Crippen LogP contribution < -0.4 is 21.3 Å². The number of nitrogens with one attached hydrogen (secondary N) is 4. The van der Waals surface area contributed by atoms with Crippen LogP contribution in [0.1, 0.15) is 104 Å². The number of likely N-dealkylation sites (N-methyl/N-ethyl adjacent to an activating group) is 1. The van der Waals surface area contributed by atoms with Crippen LogP contribution in [-0.2, 0) is 35.7 Å². The minimum absolute atomic E-state index is 0.0791. The van der Waals surface area contributed by atoms with Crippen LogP contribution in [0.25, 0.3) is 0 Å². The number of hydrogen-bond donors (Lipinski definition) is 4. The van der Waals surface area contributed by atoms with Crippen molar-refractivity contribution in [3.05, 3.63) is 16.3 Å². The zero-order chi connectivity index (χ0) is 37.5. The summed E-state index contributed by atoms with van der Waals surface area (Å²) in [6.45, 7) is 11.4. The number of Topliss-reactive ketones (excluding diaryl/α,β-unsaturated/α-hetero) is 1. The Hall–Kier alpha value is -3.04. The van der Waals surface area contributed by atoms with Gasteiger partial charge in [0.1, 0.15) is 12.1 Å². The maximum absolute atomic E-state index is 14.2. The lowest BCUT2D eigenvalue weighted by atomic mass is 9.84. The summed E-state index contributed by atoms with van der Waals surface area (Å²) in [5.74, 6) is -2.03. The van der Waals surface area contributed by atoms with Crippen LogP contribution in [0.5, 0.6) is 0 Å². The first-order valence-electron chi connectivity index (χ1n) is 18.5. The van der Waals surface area contributed by atoms with Crippen LogP contribution in [0.3, 0.4) is 0 Å². The van der Waals surface area contributed by atoms with Crippen LogP contribution in [0, 0.1) is 23.2 Å². The fourth-order valence-electron chi connectivity index (χ4n) is 7.13. The molecule has 1 saturated heterocycles. The predicted octanol–water partition coefficient (Wildman–Crippen LogP) is 3.78. The van der Waals surface area contributed by atoms with Crippen LogP contribution in [0.4, 0.5) is 4.79 Å². The number of hydrogen-bond acceptors (Lipinski definition) is 8. The minimum Gasteiger partial charge on any atom is -0.353 e. The molecule has 0 spiro atoms. The standard InChI is InChI=1S/C36H58N6O7S2/c1-23(2)25-15-19-42(29(25)32(44)39-26(21-24-13-14-24)30(43)33(45)37-6)34(46)31(36(3,4)5)40-35(47)38-17-11-9-7-8-10-12-18-41-22-27-28(16-20-50-27)51(41,48)49/h16,20,23-26,29,31H,7-15,17-19,21-22H2,1-6H3,(H,37,45)(H,39,44)(H2,38,40,47)/t25-,26?,29+,31-/m1/s1. The maximum atomic E-state index is 14.2. The van der Waals surface area contributed by atoms with Gasteiger partial charge in [-0.2, -0.15) is 4.31 Å². The molecule has 0 radical (unpaired) electrons. The minimum atomic E-state index is -3.34. The van der Waals surface area contributed by atoms with Crippen LogP contribution >= 0.6 is 11.3 Å². The lowest BCUT2D eigenvalue weighted by Gasteiger charge is -2.37. The van der Waals surface area contributed by atoms with E-state index in [0.717, 1.165) is 56.2 Å². The molecule has 13 nitrogen and oxygen atoms in total. The predicted molar refractivity (Wildman–Crippen MR) is 196 cm³/mol. The molecule has 286 valence electrons. The molecule has 1 unspecified atom stereocenters. The van der Waals surface area contributed by atoms with E-state index in [1.165, 1.54) is 18.4 Å². The van der Waals surface area contributed by atoms with Crippen molar-refractivity contribution in [2.75, 3.05) is 26.7 Å². The highest BCUT2D eigenvalue weighted by Gasteiger charge is 2.48. The lowest BCUT2D eigenvalue weighted by molar-refractivity contribution is -0.144. The van der Waals surface area contributed by atoms with Crippen molar-refractivity contribution in [1.82, 2.24) is 30.5 Å². The van der Waals surface area contributed by atoms with Crippen molar-refractivity contribution in [2.24, 2.45) is 23.2 Å². The number of likely N-dealkylation sites (tertiary alicyclic amines) is 1. The summed E-state index contributed by atoms with van der Waals surface area (Å²) in [5, 5.41) is 12.8. The van der Waals surface area contributed by atoms with E-state index in [1.807, 2.05) is 40.0 Å². The number of carbonyl (C=O) groups excluding carboxylic acids is 5. The Labute approximate surface area is 307 Å². The number of amides is 5. The van der Waals surface area contributed by atoms with Gasteiger partial charge in [-0.15, -0.1) is 11.3 Å². The van der Waals surface area contributed by atoms with Gasteiger partial charge in [0.2, 0.25) is 27.6 Å². The molecular formula is C36H58N6O7S2. The number of unbranched alkanes of at least 4 members (excludes halogenated alkanes) is 5. The number of sulfonamides is 1. The van der Waals surface area contributed by atoms with E-state index in [-0.39, 0.29) is 23.7 Å². The van der Waals surface area contributed by atoms with Gasteiger partial charge in [0.15, 0.2) is 0 Å². The Morgan fingerprint density at radius 3 is 2.24 bits per heavy atom. The van der Waals surface area contributed by atoms with E-state index >= 15 is 0 Å². The van der Waals surface area contributed by atoms with E-state index in [4.69, 9.17) is 0 Å². The monoisotopic (exact) mass is 750 g/mol. The van der Waals surface area contributed by atoms with Crippen LogP contribution in [0.15, 0.2) is 16.3 Å². The zero-order valence-corrected chi connectivity index (χ0v) is 32.7. The molecule has 3 aliphatic rings. The van der Waals surface area contributed by atoms with Gasteiger partial charge in [-0.05, 0) is 60.3 Å². The SMILES string of the molecule is CNC(=O)C(=O)C(CC1CC1)NC(=O)[C@@H]1[C@@H](C(C)C)CCN1C(=O)[C@@H](NC(=O)NCCCCCCCCN1Cc2sccc2S1(=O)=O)C(C)(C)C. The second kappa shape index (κ2) is 17.7. The number of urea groups is 1. The lowest BCUT2D eigenvalue weighted by Crippen LogP contribution is -2.61. The summed E-state index contributed by atoms with van der Waals surface area (Å²) < 4.78 is 26.7. The maximum Gasteiger partial charge on any atom is 0.315 e. The molecule has 1 aromatic rings. The first-order chi connectivity index (χ1) is 24.1. The molecule has 0 bridgehead atoms. The Kier molecular flexibility index (Phi) is 14.1. The fourth-order valence-corrected chi connectivity index (χ4v) is 10.1. The molecule has 1 aliphatic carbocycles. The zero-order valence-electron chi connectivity index (χ0n) is 31.1. The van der Waals surface area contributed by atoms with Gasteiger partial charge in [0, 0.05) is 38.1 Å². The largest absolute Gasteiger partial charge is 0.353 e. The van der Waals surface area contributed by atoms with E-state index in [0.29, 0.717) is 43.9 Å². The van der Waals surface area contributed by atoms with E-state index < -0.39 is 57.2 Å². The summed E-state index contributed by atoms with van der Waals surface area (Å²) in [7, 11) is -1.95. The summed E-state index contributed by atoms with van der Waals surface area (Å²) in [6, 6.07) is -1.46. The second-order valence-corrected chi connectivity index (χ2v) is 18.6. The molecular weight excluding hydrogens is 693 g/mol. The van der Waals surface area contributed by atoms with Crippen molar-refractivity contribution in [3.63, 3.8) is 0 Å². The molecule has 5 amide bonds. The van der Waals surface area contributed by atoms with Gasteiger partial charge in [-0.25, -0.2) is 13.2 Å². The van der Waals surface area contributed by atoms with Crippen molar-refractivity contribution in [1.29, 1.82) is 0 Å². The van der Waals surface area contributed by atoms with E-state index in [9.17, 15) is 32.4 Å². The summed E-state index contributed by atoms with van der Waals surface area (Å²) in [6.07, 6.45) is 8.26. The average Bonchev–Trinajstić information content (AvgIpc) is 3.46. The quantitative estimate of drug-likeness (QED) is 0.131. The Morgan fingerprint density at radius 2 is 1.63 bits per heavy atom. The summed E-state index contributed by atoms with van der Waals surface area (Å²) in [5.41, 5.74) is -0.658. The third-order valence-electron chi connectivity index (χ3n) is 10.4. The summed E-state index contributed by atoms with van der Waals surface area (Å²) in [4.78, 5) is 69.1. The van der Waals surface area contributed by atoms with Crippen molar-refractivity contribution >= 4 is 50.9 Å². The third kappa shape index (κ3) is 10.5. The second-order valence-electron chi connectivity index (χ2n) is 15.7. The van der Waals surface area contributed by atoms with Gasteiger partial charge in [0.05, 0.1) is 10.9 Å². The smallest absolute Gasteiger partial charge is 0.315 e. The molecule has 1 aromatic heterocycles.